The Labute approximate surface area is 144 Å². The molecular formula is C16H21N5O2S. The minimum Gasteiger partial charge on any atom is -0.354 e. The number of aromatic nitrogens is 3. The average molecular weight is 347 g/mol. The van der Waals surface area contributed by atoms with E-state index in [0.29, 0.717) is 13.0 Å². The summed E-state index contributed by atoms with van der Waals surface area (Å²) in [6, 6.07) is 3.42. The van der Waals surface area contributed by atoms with Crippen molar-refractivity contribution in [1.82, 2.24) is 20.5 Å². The Morgan fingerprint density at radius 3 is 3.04 bits per heavy atom. The number of hydrogen-bond donors (Lipinski definition) is 2. The molecule has 0 aliphatic carbocycles. The highest BCUT2D eigenvalue weighted by Crippen LogP contribution is 2.21. The highest BCUT2D eigenvalue weighted by molar-refractivity contribution is 7.11. The summed E-state index contributed by atoms with van der Waals surface area (Å²) in [5, 5.41) is 10.6. The normalized spacial score (nSPS) is 17.7. The monoisotopic (exact) mass is 347 g/mol. The molecule has 3 heterocycles. The maximum absolute atomic E-state index is 12.1. The molecule has 1 unspecified atom stereocenters. The summed E-state index contributed by atoms with van der Waals surface area (Å²) < 4.78 is 0. The van der Waals surface area contributed by atoms with Crippen LogP contribution in [0.3, 0.4) is 0 Å². The molecule has 1 fully saturated rings. The number of aromatic amines is 1. The number of nitrogens with one attached hydrogen (secondary N) is 2. The van der Waals surface area contributed by atoms with Crippen LogP contribution in [-0.2, 0) is 11.2 Å². The minimum atomic E-state index is -0.208. The first-order valence-electron chi connectivity index (χ1n) is 8.12. The van der Waals surface area contributed by atoms with Crippen molar-refractivity contribution in [3.05, 3.63) is 38.6 Å². The van der Waals surface area contributed by atoms with Gasteiger partial charge in [-0.15, -0.1) is 11.3 Å². The number of nitrogens with zero attached hydrogens (tertiary/aromatic N) is 3. The van der Waals surface area contributed by atoms with Crippen molar-refractivity contribution in [1.29, 1.82) is 0 Å². The Bertz CT molecular complexity index is 736. The van der Waals surface area contributed by atoms with Gasteiger partial charge in [0.05, 0.1) is 11.4 Å². The number of piperidine rings is 1. The molecule has 2 N–H and O–H groups in total. The van der Waals surface area contributed by atoms with Crippen LogP contribution in [0.15, 0.2) is 23.1 Å². The van der Waals surface area contributed by atoms with Crippen LogP contribution in [0.2, 0.25) is 0 Å². The Balaban J connectivity index is 1.58. The number of carbonyl (C=O) groups is 1. The molecule has 1 aliphatic heterocycles. The van der Waals surface area contributed by atoms with Crippen LogP contribution in [-0.4, -0.2) is 40.2 Å². The van der Waals surface area contributed by atoms with Crippen molar-refractivity contribution in [2.75, 3.05) is 18.0 Å². The number of hydrogen-bond acceptors (Lipinski definition) is 6. The number of H-pyrrole nitrogens is 1. The van der Waals surface area contributed by atoms with Crippen LogP contribution >= 0.6 is 11.3 Å². The third kappa shape index (κ3) is 4.19. The molecule has 0 saturated carbocycles. The number of anilines is 1. The van der Waals surface area contributed by atoms with Crippen LogP contribution < -0.4 is 15.8 Å². The van der Waals surface area contributed by atoms with Gasteiger partial charge in [-0.25, -0.2) is 10.1 Å². The van der Waals surface area contributed by atoms with Crippen molar-refractivity contribution < 1.29 is 4.79 Å². The van der Waals surface area contributed by atoms with E-state index in [9.17, 15) is 9.59 Å². The summed E-state index contributed by atoms with van der Waals surface area (Å²) in [6.07, 6.45) is 5.35. The van der Waals surface area contributed by atoms with Gasteiger partial charge < -0.3 is 10.2 Å². The lowest BCUT2D eigenvalue weighted by atomic mass is 10.0. The fraction of sp³-hybridized carbons (Fsp3) is 0.500. The van der Waals surface area contributed by atoms with E-state index in [4.69, 9.17) is 0 Å². The van der Waals surface area contributed by atoms with E-state index in [1.807, 2.05) is 6.92 Å². The van der Waals surface area contributed by atoms with E-state index in [2.05, 4.69) is 25.4 Å². The Hall–Kier alpha value is -2.22. The van der Waals surface area contributed by atoms with E-state index in [0.717, 1.165) is 41.5 Å². The van der Waals surface area contributed by atoms with Gasteiger partial charge in [0.15, 0.2) is 0 Å². The van der Waals surface area contributed by atoms with Crippen molar-refractivity contribution >= 4 is 23.1 Å². The topological polar surface area (TPSA) is 91.0 Å². The lowest BCUT2D eigenvalue weighted by Crippen LogP contribution is -2.47. The van der Waals surface area contributed by atoms with Gasteiger partial charge in [-0.05, 0) is 32.3 Å². The zero-order chi connectivity index (χ0) is 16.9. The van der Waals surface area contributed by atoms with Crippen molar-refractivity contribution in [3.8, 4) is 0 Å². The van der Waals surface area contributed by atoms with Crippen molar-refractivity contribution in [2.45, 2.75) is 38.6 Å². The summed E-state index contributed by atoms with van der Waals surface area (Å²) in [4.78, 5) is 30.6. The van der Waals surface area contributed by atoms with Crippen LogP contribution in [0.25, 0.3) is 0 Å². The second kappa shape index (κ2) is 7.57. The second-order valence-electron chi connectivity index (χ2n) is 5.95. The molecule has 2 aromatic rings. The minimum absolute atomic E-state index is 0.0126. The maximum Gasteiger partial charge on any atom is 0.264 e. The maximum atomic E-state index is 12.1. The molecule has 0 radical (unpaired) electrons. The molecule has 24 heavy (non-hydrogen) atoms. The van der Waals surface area contributed by atoms with Crippen molar-refractivity contribution in [3.63, 3.8) is 0 Å². The van der Waals surface area contributed by atoms with Gasteiger partial charge in [0.25, 0.3) is 5.56 Å². The summed E-state index contributed by atoms with van der Waals surface area (Å²) >= 11 is 1.55. The predicted octanol–water partition coefficient (Wildman–Crippen LogP) is 1.25. The second-order valence-corrected chi connectivity index (χ2v) is 7.27. The third-order valence-electron chi connectivity index (χ3n) is 4.12. The highest BCUT2D eigenvalue weighted by atomic mass is 32.1. The number of rotatable bonds is 5. The number of thiazole rings is 1. The van der Waals surface area contributed by atoms with E-state index >= 15 is 0 Å². The third-order valence-corrected chi connectivity index (χ3v) is 5.04. The number of carbonyl (C=O) groups excluding carboxylic acids is 1. The fourth-order valence-electron chi connectivity index (χ4n) is 2.95. The summed E-state index contributed by atoms with van der Waals surface area (Å²) in [5.41, 5.74) is -0.208. The van der Waals surface area contributed by atoms with Gasteiger partial charge >= 0.3 is 0 Å². The Kier molecular flexibility index (Phi) is 5.24. The molecule has 1 atom stereocenters. The van der Waals surface area contributed by atoms with E-state index in [1.54, 1.807) is 23.6 Å². The summed E-state index contributed by atoms with van der Waals surface area (Å²) in [5.74, 6) is 0.769. The molecule has 0 aromatic carbocycles. The molecule has 3 rings (SSSR count). The molecule has 0 spiro atoms. The summed E-state index contributed by atoms with van der Waals surface area (Å²) in [7, 11) is 0. The van der Waals surface area contributed by atoms with E-state index in [-0.39, 0.29) is 17.5 Å². The van der Waals surface area contributed by atoms with Crippen molar-refractivity contribution in [2.24, 2.45) is 0 Å². The lowest BCUT2D eigenvalue weighted by Gasteiger charge is -2.36. The largest absolute Gasteiger partial charge is 0.354 e. The van der Waals surface area contributed by atoms with Gasteiger partial charge in [-0.2, -0.15) is 5.10 Å². The van der Waals surface area contributed by atoms with Gasteiger partial charge in [-0.1, -0.05) is 0 Å². The first kappa shape index (κ1) is 16.6. The van der Waals surface area contributed by atoms with Crippen LogP contribution in [0.5, 0.6) is 0 Å². The first-order valence-corrected chi connectivity index (χ1v) is 8.94. The SMILES string of the molecule is Cc1ncc(CC(=O)NCC2CCCCN2c2ccc(=O)[nH]n2)s1. The standard InChI is InChI=1S/C16H21N5O2S/c1-11-17-10-13(24-11)8-16(23)18-9-12-4-2-3-7-21(12)14-5-6-15(22)20-19-14/h5-6,10,12H,2-4,7-9H2,1H3,(H,18,23)(H,20,22). The number of amides is 1. The molecule has 0 bridgehead atoms. The van der Waals surface area contributed by atoms with Gasteiger partial charge in [0.2, 0.25) is 5.91 Å². The Morgan fingerprint density at radius 2 is 2.33 bits per heavy atom. The first-order chi connectivity index (χ1) is 11.6. The zero-order valence-electron chi connectivity index (χ0n) is 13.6. The molecule has 1 saturated heterocycles. The lowest BCUT2D eigenvalue weighted by molar-refractivity contribution is -0.120. The van der Waals surface area contributed by atoms with Gasteiger partial charge in [0, 0.05) is 36.3 Å². The van der Waals surface area contributed by atoms with E-state index < -0.39 is 0 Å². The van der Waals surface area contributed by atoms with Crippen LogP contribution in [0, 0.1) is 6.92 Å². The fourth-order valence-corrected chi connectivity index (χ4v) is 3.74. The molecule has 1 amide bonds. The smallest absolute Gasteiger partial charge is 0.264 e. The molecule has 7 nitrogen and oxygen atoms in total. The molecule has 1 aliphatic rings. The van der Waals surface area contributed by atoms with Gasteiger partial charge in [0.1, 0.15) is 5.82 Å². The van der Waals surface area contributed by atoms with Crippen LogP contribution in [0.4, 0.5) is 5.82 Å². The molecule has 8 heteroatoms. The molecule has 2 aromatic heterocycles. The van der Waals surface area contributed by atoms with Gasteiger partial charge in [-0.3, -0.25) is 9.59 Å². The summed E-state index contributed by atoms with van der Waals surface area (Å²) in [6.45, 7) is 3.40. The van der Waals surface area contributed by atoms with Crippen LogP contribution in [0.1, 0.15) is 29.1 Å². The quantitative estimate of drug-likeness (QED) is 0.849. The average Bonchev–Trinajstić information content (AvgIpc) is 2.99. The predicted molar refractivity (Wildman–Crippen MR) is 93.4 cm³/mol. The molecule has 128 valence electrons. The zero-order valence-corrected chi connectivity index (χ0v) is 14.4. The van der Waals surface area contributed by atoms with E-state index in [1.165, 1.54) is 6.07 Å². The molecular weight excluding hydrogens is 326 g/mol. The Morgan fingerprint density at radius 1 is 1.46 bits per heavy atom. The highest BCUT2D eigenvalue weighted by Gasteiger charge is 2.24. The number of aryl methyl sites for hydroxylation is 1.